The number of hydrogen-bond donors (Lipinski definition) is 0. The van der Waals surface area contributed by atoms with Crippen molar-refractivity contribution >= 4 is 5.91 Å². The third-order valence-corrected chi connectivity index (χ3v) is 6.30. The first-order valence-electron chi connectivity index (χ1n) is 11.4. The first-order chi connectivity index (χ1) is 16.0. The van der Waals surface area contributed by atoms with E-state index < -0.39 is 0 Å². The smallest absolute Gasteiger partial charge is 0.254 e. The lowest BCUT2D eigenvalue weighted by atomic mass is 9.93. The molecule has 7 heteroatoms. The number of benzene rings is 2. The Kier molecular flexibility index (Phi) is 6.96. The minimum atomic E-state index is 0.0188. The monoisotopic (exact) mass is 449 g/mol. The van der Waals surface area contributed by atoms with Gasteiger partial charge in [0.25, 0.3) is 5.91 Å². The van der Waals surface area contributed by atoms with Gasteiger partial charge in [0, 0.05) is 17.2 Å². The number of aromatic nitrogens is 2. The van der Waals surface area contributed by atoms with Crippen LogP contribution in [0.2, 0.25) is 0 Å². The summed E-state index contributed by atoms with van der Waals surface area (Å²) in [7, 11) is 3.18. The van der Waals surface area contributed by atoms with Crippen LogP contribution >= 0.6 is 0 Å². The molecule has 1 fully saturated rings. The van der Waals surface area contributed by atoms with E-state index in [1.165, 1.54) is 6.42 Å². The van der Waals surface area contributed by atoms with E-state index in [1.54, 1.807) is 14.2 Å². The van der Waals surface area contributed by atoms with Crippen molar-refractivity contribution in [2.75, 3.05) is 14.2 Å². The molecule has 2 aromatic carbocycles. The van der Waals surface area contributed by atoms with Crippen molar-refractivity contribution < 1.29 is 18.8 Å². The zero-order valence-electron chi connectivity index (χ0n) is 19.8. The van der Waals surface area contributed by atoms with Crippen molar-refractivity contribution in [1.29, 1.82) is 0 Å². The van der Waals surface area contributed by atoms with Gasteiger partial charge in [0.05, 0.1) is 14.2 Å². The summed E-state index contributed by atoms with van der Waals surface area (Å²) in [6.07, 6.45) is 5.46. The second kappa shape index (κ2) is 10.1. The third kappa shape index (κ3) is 5.02. The van der Waals surface area contributed by atoms with Gasteiger partial charge in [-0.25, -0.2) is 0 Å². The molecule has 1 aliphatic rings. The normalized spacial score (nSPS) is 14.2. The summed E-state index contributed by atoms with van der Waals surface area (Å²) in [6, 6.07) is 11.6. The molecule has 174 valence electrons. The lowest BCUT2D eigenvalue weighted by Crippen LogP contribution is -2.41. The Balaban J connectivity index is 1.61. The highest BCUT2D eigenvalue weighted by atomic mass is 16.5. The highest BCUT2D eigenvalue weighted by Gasteiger charge is 2.29. The molecule has 1 saturated carbocycles. The first-order valence-corrected chi connectivity index (χ1v) is 11.4. The van der Waals surface area contributed by atoms with Gasteiger partial charge in [0.1, 0.15) is 6.54 Å². The van der Waals surface area contributed by atoms with Crippen molar-refractivity contribution in [3.8, 4) is 22.9 Å². The van der Waals surface area contributed by atoms with E-state index >= 15 is 0 Å². The van der Waals surface area contributed by atoms with Gasteiger partial charge in [-0.05, 0) is 56.5 Å². The Hall–Kier alpha value is -3.35. The molecule has 0 saturated heterocycles. The van der Waals surface area contributed by atoms with Crippen LogP contribution in [0, 0.1) is 13.8 Å². The quantitative estimate of drug-likeness (QED) is 0.484. The van der Waals surface area contributed by atoms with Crippen LogP contribution in [0.15, 0.2) is 40.9 Å². The summed E-state index contributed by atoms with van der Waals surface area (Å²) in [4.78, 5) is 20.1. The molecule has 1 aliphatic carbocycles. The zero-order chi connectivity index (χ0) is 23.4. The van der Waals surface area contributed by atoms with E-state index in [0.717, 1.165) is 47.9 Å². The number of aryl methyl sites for hydroxylation is 2. The number of rotatable bonds is 7. The fourth-order valence-corrected chi connectivity index (χ4v) is 4.53. The molecule has 33 heavy (non-hydrogen) atoms. The molecule has 7 nitrogen and oxygen atoms in total. The van der Waals surface area contributed by atoms with Gasteiger partial charge in [-0.15, -0.1) is 0 Å². The molecule has 0 N–H and O–H groups in total. The molecule has 0 spiro atoms. The first kappa shape index (κ1) is 22.8. The Labute approximate surface area is 194 Å². The molecule has 1 heterocycles. The van der Waals surface area contributed by atoms with Crippen LogP contribution in [0.5, 0.6) is 11.5 Å². The summed E-state index contributed by atoms with van der Waals surface area (Å²) < 4.78 is 16.3. The fourth-order valence-electron chi connectivity index (χ4n) is 4.53. The van der Waals surface area contributed by atoms with Gasteiger partial charge in [-0.2, -0.15) is 4.98 Å². The van der Waals surface area contributed by atoms with E-state index in [9.17, 15) is 4.79 Å². The van der Waals surface area contributed by atoms with Gasteiger partial charge in [0.15, 0.2) is 11.5 Å². The molecular weight excluding hydrogens is 418 g/mol. The van der Waals surface area contributed by atoms with Crippen LogP contribution in [-0.2, 0) is 6.54 Å². The largest absolute Gasteiger partial charge is 0.493 e. The van der Waals surface area contributed by atoms with Crippen LogP contribution in [0.25, 0.3) is 11.4 Å². The molecule has 0 unspecified atom stereocenters. The molecule has 4 rings (SSSR count). The van der Waals surface area contributed by atoms with E-state index in [0.29, 0.717) is 23.2 Å². The number of amides is 1. The summed E-state index contributed by atoms with van der Waals surface area (Å²) in [6.45, 7) is 4.31. The predicted molar refractivity (Wildman–Crippen MR) is 126 cm³/mol. The molecule has 1 amide bonds. The van der Waals surface area contributed by atoms with Crippen LogP contribution in [0.3, 0.4) is 0 Å². The number of carbonyl (C=O) groups excluding carboxylic acids is 1. The Morgan fingerprint density at radius 1 is 1.03 bits per heavy atom. The highest BCUT2D eigenvalue weighted by molar-refractivity contribution is 5.95. The molecule has 0 radical (unpaired) electrons. The molecule has 0 bridgehead atoms. The van der Waals surface area contributed by atoms with Gasteiger partial charge >= 0.3 is 0 Å². The summed E-state index contributed by atoms with van der Waals surface area (Å²) >= 11 is 0. The third-order valence-electron chi connectivity index (χ3n) is 6.30. The van der Waals surface area contributed by atoms with E-state index in [2.05, 4.69) is 10.1 Å². The SMILES string of the molecule is COc1ccc(-c2noc(CN(C(=O)c3ccc(C)cc3C)C3CCCCC3)n2)cc1OC. The molecule has 0 atom stereocenters. The van der Waals surface area contributed by atoms with E-state index in [-0.39, 0.29) is 18.5 Å². The number of carbonyl (C=O) groups is 1. The summed E-state index contributed by atoms with van der Waals surface area (Å²) in [5, 5.41) is 4.16. The minimum absolute atomic E-state index is 0.0188. The average molecular weight is 450 g/mol. The zero-order valence-corrected chi connectivity index (χ0v) is 19.8. The number of nitrogens with zero attached hydrogens (tertiary/aromatic N) is 3. The Morgan fingerprint density at radius 3 is 2.48 bits per heavy atom. The van der Waals surface area contributed by atoms with Gasteiger partial charge in [-0.3, -0.25) is 4.79 Å². The lowest BCUT2D eigenvalue weighted by molar-refractivity contribution is 0.0585. The van der Waals surface area contributed by atoms with Gasteiger partial charge < -0.3 is 18.9 Å². The van der Waals surface area contributed by atoms with Crippen molar-refractivity contribution in [2.24, 2.45) is 0 Å². The van der Waals surface area contributed by atoms with Crippen LogP contribution in [0.4, 0.5) is 0 Å². The molecule has 1 aromatic heterocycles. The van der Waals surface area contributed by atoms with Gasteiger partial charge in [-0.1, -0.05) is 42.1 Å². The van der Waals surface area contributed by atoms with Gasteiger partial charge in [0.2, 0.25) is 11.7 Å². The summed E-state index contributed by atoms with van der Waals surface area (Å²) in [5.74, 6) is 2.12. The van der Waals surface area contributed by atoms with Crippen LogP contribution in [0.1, 0.15) is 59.5 Å². The minimum Gasteiger partial charge on any atom is -0.493 e. The molecular formula is C26H31N3O4. The van der Waals surface area contributed by atoms with Crippen LogP contribution in [-0.4, -0.2) is 41.2 Å². The Morgan fingerprint density at radius 2 is 1.79 bits per heavy atom. The topological polar surface area (TPSA) is 77.7 Å². The van der Waals surface area contributed by atoms with E-state index in [1.807, 2.05) is 55.1 Å². The predicted octanol–water partition coefficient (Wildman–Crippen LogP) is 5.35. The number of ether oxygens (including phenoxy) is 2. The number of hydrogen-bond acceptors (Lipinski definition) is 6. The maximum absolute atomic E-state index is 13.6. The number of methoxy groups -OCH3 is 2. The summed E-state index contributed by atoms with van der Waals surface area (Å²) in [5.41, 5.74) is 3.61. The average Bonchev–Trinajstić information content (AvgIpc) is 3.31. The second-order valence-corrected chi connectivity index (χ2v) is 8.62. The van der Waals surface area contributed by atoms with Crippen LogP contribution < -0.4 is 9.47 Å². The maximum atomic E-state index is 13.6. The van der Waals surface area contributed by atoms with Crippen molar-refractivity contribution in [3.63, 3.8) is 0 Å². The molecule has 0 aliphatic heterocycles. The highest BCUT2D eigenvalue weighted by Crippen LogP contribution is 2.32. The standard InChI is InChI=1S/C26H31N3O4/c1-17-10-12-21(18(2)14-17)26(30)29(20-8-6-5-7-9-20)16-24-27-25(28-33-24)19-11-13-22(31-3)23(15-19)32-4/h10-15,20H,5-9,16H2,1-4H3. The van der Waals surface area contributed by atoms with Crippen molar-refractivity contribution in [2.45, 2.75) is 58.5 Å². The van der Waals surface area contributed by atoms with Crippen molar-refractivity contribution in [1.82, 2.24) is 15.0 Å². The van der Waals surface area contributed by atoms with Crippen molar-refractivity contribution in [3.05, 3.63) is 59.0 Å². The second-order valence-electron chi connectivity index (χ2n) is 8.62. The molecule has 3 aromatic rings. The van der Waals surface area contributed by atoms with E-state index in [4.69, 9.17) is 14.0 Å². The fraction of sp³-hybridized carbons (Fsp3) is 0.423. The maximum Gasteiger partial charge on any atom is 0.254 e. The Bertz CT molecular complexity index is 1120. The lowest BCUT2D eigenvalue weighted by Gasteiger charge is -2.34.